The Labute approximate surface area is 130 Å². The van der Waals surface area contributed by atoms with E-state index in [9.17, 15) is 0 Å². The van der Waals surface area contributed by atoms with Crippen molar-refractivity contribution in [3.63, 3.8) is 0 Å². The van der Waals surface area contributed by atoms with Crippen molar-refractivity contribution in [1.82, 2.24) is 0 Å². The van der Waals surface area contributed by atoms with Gasteiger partial charge in [-0.25, -0.2) is 0 Å². The van der Waals surface area contributed by atoms with Crippen molar-refractivity contribution >= 4 is 0 Å². The highest BCUT2D eigenvalue weighted by atomic mass is 14.2. The van der Waals surface area contributed by atoms with Crippen LogP contribution in [-0.4, -0.2) is 0 Å². The van der Waals surface area contributed by atoms with Crippen molar-refractivity contribution in [2.75, 3.05) is 0 Å². The molecule has 0 fully saturated rings. The average molecular weight is 283 g/mol. The standard InChI is InChI=1S/C20H42/c1-5-9-11-12-13-15-17-20(8-4)18-19(7-3)16-14-10-6-2/h19-20H,5-18H2,1-4H3. The maximum absolute atomic E-state index is 2.40. The molecule has 0 bridgehead atoms. The molecular formula is C20H42. The Hall–Kier alpha value is 0. The van der Waals surface area contributed by atoms with Crippen LogP contribution in [0.5, 0.6) is 0 Å². The number of unbranched alkanes of at least 4 members (excludes halogenated alkanes) is 7. The van der Waals surface area contributed by atoms with E-state index in [1.807, 2.05) is 0 Å². The minimum atomic E-state index is 1.01. The summed E-state index contributed by atoms with van der Waals surface area (Å²) >= 11 is 0. The molecule has 0 spiro atoms. The van der Waals surface area contributed by atoms with Gasteiger partial charge in [-0.2, -0.15) is 0 Å². The summed E-state index contributed by atoms with van der Waals surface area (Å²) in [6.07, 6.45) is 20.2. The molecule has 0 saturated heterocycles. The highest BCUT2D eigenvalue weighted by Gasteiger charge is 2.13. The van der Waals surface area contributed by atoms with Crippen molar-refractivity contribution in [1.29, 1.82) is 0 Å². The first-order valence-corrected chi connectivity index (χ1v) is 9.78. The monoisotopic (exact) mass is 282 g/mol. The summed E-state index contributed by atoms with van der Waals surface area (Å²) in [5.74, 6) is 2.01. The van der Waals surface area contributed by atoms with Gasteiger partial charge in [0.2, 0.25) is 0 Å². The fraction of sp³-hybridized carbons (Fsp3) is 1.00. The summed E-state index contributed by atoms with van der Waals surface area (Å²) in [6.45, 7) is 9.42. The normalized spacial score (nSPS) is 14.4. The zero-order valence-corrected chi connectivity index (χ0v) is 15.1. The first-order valence-electron chi connectivity index (χ1n) is 9.78. The van der Waals surface area contributed by atoms with Gasteiger partial charge < -0.3 is 0 Å². The van der Waals surface area contributed by atoms with E-state index >= 15 is 0 Å². The zero-order valence-electron chi connectivity index (χ0n) is 15.1. The van der Waals surface area contributed by atoms with Crippen LogP contribution in [0.2, 0.25) is 0 Å². The smallest absolute Gasteiger partial charge is 0.0414 e. The number of hydrogen-bond donors (Lipinski definition) is 0. The lowest BCUT2D eigenvalue weighted by Crippen LogP contribution is -2.08. The quantitative estimate of drug-likeness (QED) is 0.269. The van der Waals surface area contributed by atoms with E-state index < -0.39 is 0 Å². The molecule has 0 N–H and O–H groups in total. The minimum Gasteiger partial charge on any atom is -0.0654 e. The molecular weight excluding hydrogens is 240 g/mol. The molecule has 0 rings (SSSR count). The Kier molecular flexibility index (Phi) is 15.4. The predicted molar refractivity (Wildman–Crippen MR) is 94.3 cm³/mol. The molecule has 0 heteroatoms. The van der Waals surface area contributed by atoms with Crippen molar-refractivity contribution in [2.24, 2.45) is 11.8 Å². The van der Waals surface area contributed by atoms with Crippen molar-refractivity contribution in [3.8, 4) is 0 Å². The molecule has 0 amide bonds. The summed E-state index contributed by atoms with van der Waals surface area (Å²) < 4.78 is 0. The largest absolute Gasteiger partial charge is 0.0654 e. The third-order valence-corrected chi connectivity index (χ3v) is 5.00. The van der Waals surface area contributed by atoms with E-state index in [1.165, 1.54) is 89.9 Å². The van der Waals surface area contributed by atoms with E-state index in [0.717, 1.165) is 11.8 Å². The molecule has 0 aliphatic carbocycles. The second-order valence-electron chi connectivity index (χ2n) is 6.84. The van der Waals surface area contributed by atoms with E-state index in [0.29, 0.717) is 0 Å². The van der Waals surface area contributed by atoms with Gasteiger partial charge in [-0.15, -0.1) is 0 Å². The van der Waals surface area contributed by atoms with E-state index in [2.05, 4.69) is 27.7 Å². The van der Waals surface area contributed by atoms with Crippen LogP contribution in [-0.2, 0) is 0 Å². The average Bonchev–Trinajstić information content (AvgIpc) is 2.48. The van der Waals surface area contributed by atoms with Gasteiger partial charge in [0, 0.05) is 0 Å². The van der Waals surface area contributed by atoms with Gasteiger partial charge in [-0.1, -0.05) is 111 Å². The molecule has 0 aromatic heterocycles. The first kappa shape index (κ1) is 20.0. The van der Waals surface area contributed by atoms with Crippen molar-refractivity contribution in [2.45, 2.75) is 118 Å². The van der Waals surface area contributed by atoms with Crippen LogP contribution < -0.4 is 0 Å². The molecule has 0 heterocycles. The van der Waals surface area contributed by atoms with Crippen LogP contribution in [0.15, 0.2) is 0 Å². The summed E-state index contributed by atoms with van der Waals surface area (Å²) in [7, 11) is 0. The lowest BCUT2D eigenvalue weighted by atomic mass is 9.84. The van der Waals surface area contributed by atoms with Gasteiger partial charge in [-0.3, -0.25) is 0 Å². The van der Waals surface area contributed by atoms with Gasteiger partial charge in [0.05, 0.1) is 0 Å². The van der Waals surface area contributed by atoms with Gasteiger partial charge >= 0.3 is 0 Å². The molecule has 0 aromatic rings. The second-order valence-corrected chi connectivity index (χ2v) is 6.84. The summed E-state index contributed by atoms with van der Waals surface area (Å²) in [5.41, 5.74) is 0. The SMILES string of the molecule is CCCCCCCCC(CC)CC(CC)CCCCC. The van der Waals surface area contributed by atoms with Crippen LogP contribution in [0.1, 0.15) is 118 Å². The molecule has 0 radical (unpaired) electrons. The Balaban J connectivity index is 3.70. The van der Waals surface area contributed by atoms with Crippen LogP contribution >= 0.6 is 0 Å². The minimum absolute atomic E-state index is 1.01. The molecule has 0 aliphatic rings. The third kappa shape index (κ3) is 11.8. The molecule has 0 saturated carbocycles. The predicted octanol–water partition coefficient (Wildman–Crippen LogP) is 7.76. The molecule has 20 heavy (non-hydrogen) atoms. The summed E-state index contributed by atoms with van der Waals surface area (Å²) in [4.78, 5) is 0. The summed E-state index contributed by atoms with van der Waals surface area (Å²) in [5, 5.41) is 0. The van der Waals surface area contributed by atoms with Crippen LogP contribution in [0, 0.1) is 11.8 Å². The lowest BCUT2D eigenvalue weighted by Gasteiger charge is -2.22. The lowest BCUT2D eigenvalue weighted by molar-refractivity contribution is 0.308. The highest BCUT2D eigenvalue weighted by molar-refractivity contribution is 4.66. The van der Waals surface area contributed by atoms with E-state index in [4.69, 9.17) is 0 Å². The number of hydrogen-bond acceptors (Lipinski definition) is 0. The molecule has 0 aliphatic heterocycles. The van der Waals surface area contributed by atoms with E-state index in [-0.39, 0.29) is 0 Å². The van der Waals surface area contributed by atoms with E-state index in [1.54, 1.807) is 0 Å². The second kappa shape index (κ2) is 15.4. The first-order chi connectivity index (χ1) is 9.78. The van der Waals surface area contributed by atoms with Gasteiger partial charge in [0.1, 0.15) is 0 Å². The molecule has 122 valence electrons. The van der Waals surface area contributed by atoms with Crippen LogP contribution in [0.3, 0.4) is 0 Å². The van der Waals surface area contributed by atoms with Gasteiger partial charge in [-0.05, 0) is 18.3 Å². The Morgan fingerprint density at radius 1 is 0.500 bits per heavy atom. The molecule has 2 atom stereocenters. The van der Waals surface area contributed by atoms with Crippen LogP contribution in [0.4, 0.5) is 0 Å². The zero-order chi connectivity index (χ0) is 15.1. The highest BCUT2D eigenvalue weighted by Crippen LogP contribution is 2.27. The molecule has 0 nitrogen and oxygen atoms in total. The Morgan fingerprint density at radius 2 is 0.900 bits per heavy atom. The maximum Gasteiger partial charge on any atom is -0.0414 e. The number of rotatable bonds is 15. The van der Waals surface area contributed by atoms with Gasteiger partial charge in [0.15, 0.2) is 0 Å². The fourth-order valence-electron chi connectivity index (χ4n) is 3.35. The maximum atomic E-state index is 2.40. The Morgan fingerprint density at radius 3 is 1.40 bits per heavy atom. The van der Waals surface area contributed by atoms with Crippen LogP contribution in [0.25, 0.3) is 0 Å². The van der Waals surface area contributed by atoms with Crippen molar-refractivity contribution in [3.05, 3.63) is 0 Å². The molecule has 0 aromatic carbocycles. The molecule has 2 unspecified atom stereocenters. The third-order valence-electron chi connectivity index (χ3n) is 5.00. The summed E-state index contributed by atoms with van der Waals surface area (Å²) in [6, 6.07) is 0. The Bertz CT molecular complexity index is 173. The van der Waals surface area contributed by atoms with Crippen molar-refractivity contribution < 1.29 is 0 Å². The topological polar surface area (TPSA) is 0 Å². The van der Waals surface area contributed by atoms with Gasteiger partial charge in [0.25, 0.3) is 0 Å². The fourth-order valence-corrected chi connectivity index (χ4v) is 3.35.